The Kier molecular flexibility index (Phi) is 4.35. The summed E-state index contributed by atoms with van der Waals surface area (Å²) in [5, 5.41) is 11.3. The third-order valence-corrected chi connectivity index (χ3v) is 3.41. The number of halogens is 3. The van der Waals surface area contributed by atoms with Crippen LogP contribution in [0.2, 0.25) is 0 Å². The zero-order valence-corrected chi connectivity index (χ0v) is 12.3. The molecule has 0 saturated heterocycles. The lowest BCUT2D eigenvalue weighted by Gasteiger charge is -2.15. The van der Waals surface area contributed by atoms with E-state index in [-0.39, 0.29) is 5.76 Å². The van der Waals surface area contributed by atoms with Gasteiger partial charge in [0.15, 0.2) is 5.76 Å². The number of aliphatic carboxylic acids is 1. The van der Waals surface area contributed by atoms with E-state index in [0.717, 1.165) is 5.56 Å². The number of rotatable bonds is 4. The number of fused-ring (bicyclic) bond motifs is 1. The highest BCUT2D eigenvalue weighted by Crippen LogP contribution is 2.28. The Morgan fingerprint density at radius 3 is 2.48 bits per heavy atom. The highest BCUT2D eigenvalue weighted by atomic mass is 19.4. The maximum Gasteiger partial charge on any atom is 0.391 e. The van der Waals surface area contributed by atoms with Crippen LogP contribution in [0.1, 0.15) is 28.1 Å². The van der Waals surface area contributed by atoms with Crippen molar-refractivity contribution in [1.82, 2.24) is 5.32 Å². The summed E-state index contributed by atoms with van der Waals surface area (Å²) >= 11 is 0. The maximum atomic E-state index is 12.4. The quantitative estimate of drug-likeness (QED) is 0.903. The largest absolute Gasteiger partial charge is 0.480 e. The van der Waals surface area contributed by atoms with Crippen LogP contribution in [-0.4, -0.2) is 29.2 Å². The van der Waals surface area contributed by atoms with Gasteiger partial charge in [-0.25, -0.2) is 4.79 Å². The van der Waals surface area contributed by atoms with Gasteiger partial charge in [0.2, 0.25) is 0 Å². The van der Waals surface area contributed by atoms with Crippen molar-refractivity contribution in [2.24, 2.45) is 0 Å². The van der Waals surface area contributed by atoms with Gasteiger partial charge in [-0.05, 0) is 19.4 Å². The summed E-state index contributed by atoms with van der Waals surface area (Å²) in [5.41, 5.74) is 1.64. The molecule has 0 spiro atoms. The van der Waals surface area contributed by atoms with Gasteiger partial charge in [-0.1, -0.05) is 18.2 Å². The summed E-state index contributed by atoms with van der Waals surface area (Å²) < 4.78 is 42.6. The molecule has 0 aliphatic carbocycles. The molecule has 23 heavy (non-hydrogen) atoms. The van der Waals surface area contributed by atoms with Gasteiger partial charge in [-0.15, -0.1) is 0 Å². The predicted molar refractivity (Wildman–Crippen MR) is 75.3 cm³/mol. The minimum atomic E-state index is -4.71. The minimum absolute atomic E-state index is 0.192. The van der Waals surface area contributed by atoms with Crippen molar-refractivity contribution >= 4 is 22.8 Å². The van der Waals surface area contributed by atoms with Crippen LogP contribution >= 0.6 is 0 Å². The highest BCUT2D eigenvalue weighted by Gasteiger charge is 2.37. The molecule has 1 heterocycles. The second-order valence-corrected chi connectivity index (χ2v) is 5.19. The Morgan fingerprint density at radius 2 is 1.96 bits per heavy atom. The van der Waals surface area contributed by atoms with E-state index in [1.807, 2.05) is 5.32 Å². The average molecular weight is 329 g/mol. The number of hydrogen-bond acceptors (Lipinski definition) is 3. The molecule has 0 aliphatic heterocycles. The topological polar surface area (TPSA) is 79.5 Å². The van der Waals surface area contributed by atoms with Gasteiger partial charge in [0.05, 0.1) is 6.42 Å². The number of amides is 1. The van der Waals surface area contributed by atoms with E-state index in [2.05, 4.69) is 0 Å². The minimum Gasteiger partial charge on any atom is -0.480 e. The molecule has 124 valence electrons. The van der Waals surface area contributed by atoms with Crippen LogP contribution < -0.4 is 5.32 Å². The predicted octanol–water partition coefficient (Wildman–Crippen LogP) is 3.19. The van der Waals surface area contributed by atoms with Crippen molar-refractivity contribution in [2.45, 2.75) is 32.5 Å². The number of furan rings is 1. The number of hydrogen-bond donors (Lipinski definition) is 2. The molecule has 2 rings (SSSR count). The Morgan fingerprint density at radius 1 is 1.30 bits per heavy atom. The van der Waals surface area contributed by atoms with Gasteiger partial charge in [-0.2, -0.15) is 13.2 Å². The number of carbonyl (C=O) groups is 2. The lowest BCUT2D eigenvalue weighted by Crippen LogP contribution is -2.43. The molecule has 5 nitrogen and oxygen atoms in total. The van der Waals surface area contributed by atoms with Crippen molar-refractivity contribution in [3.8, 4) is 0 Å². The number of nitrogens with one attached hydrogen (secondary N) is 1. The summed E-state index contributed by atoms with van der Waals surface area (Å²) in [6.45, 7) is 3.34. The van der Waals surface area contributed by atoms with Crippen LogP contribution in [0, 0.1) is 13.8 Å². The summed E-state index contributed by atoms with van der Waals surface area (Å²) in [6, 6.07) is 3.15. The molecular weight excluding hydrogens is 315 g/mol. The standard InChI is InChI=1S/C15H14F3NO4/c1-7-4-3-5-9-8(2)12(23-11(7)9)13(20)19-10(14(21)22)6-15(16,17)18/h3-5,10H,6H2,1-2H3,(H,19,20)(H,21,22). The monoisotopic (exact) mass is 329 g/mol. The Bertz CT molecular complexity index is 764. The molecular formula is C15H14F3NO4. The first kappa shape index (κ1) is 16.9. The molecule has 0 aliphatic rings. The summed E-state index contributed by atoms with van der Waals surface area (Å²) in [4.78, 5) is 23.0. The number of aryl methyl sites for hydroxylation is 2. The molecule has 1 unspecified atom stereocenters. The first-order chi connectivity index (χ1) is 10.6. The number of para-hydroxylation sites is 1. The van der Waals surface area contributed by atoms with Gasteiger partial charge in [0.25, 0.3) is 5.91 Å². The van der Waals surface area contributed by atoms with E-state index in [4.69, 9.17) is 9.52 Å². The SMILES string of the molecule is Cc1c(C(=O)NC(CC(F)(F)F)C(=O)O)oc2c(C)cccc12. The van der Waals surface area contributed by atoms with Gasteiger partial charge in [0, 0.05) is 10.9 Å². The third-order valence-electron chi connectivity index (χ3n) is 3.41. The zero-order valence-electron chi connectivity index (χ0n) is 12.3. The fourth-order valence-electron chi connectivity index (χ4n) is 2.26. The van der Waals surface area contributed by atoms with Crippen LogP contribution in [0.25, 0.3) is 11.0 Å². The van der Waals surface area contributed by atoms with Crippen molar-refractivity contribution in [1.29, 1.82) is 0 Å². The lowest BCUT2D eigenvalue weighted by atomic mass is 10.1. The van der Waals surface area contributed by atoms with Crippen LogP contribution in [0.5, 0.6) is 0 Å². The van der Waals surface area contributed by atoms with Gasteiger partial charge >= 0.3 is 12.1 Å². The van der Waals surface area contributed by atoms with E-state index in [0.29, 0.717) is 16.5 Å². The molecule has 8 heteroatoms. The number of carboxylic acid groups (broad SMARTS) is 1. The lowest BCUT2D eigenvalue weighted by molar-refractivity contribution is -0.157. The van der Waals surface area contributed by atoms with E-state index < -0.39 is 30.5 Å². The maximum absolute atomic E-state index is 12.4. The summed E-state index contributed by atoms with van der Waals surface area (Å²) in [6.07, 6.45) is -6.37. The Hall–Kier alpha value is -2.51. The first-order valence-corrected chi connectivity index (χ1v) is 6.69. The van der Waals surface area contributed by atoms with Crippen LogP contribution in [-0.2, 0) is 4.79 Å². The second-order valence-electron chi connectivity index (χ2n) is 5.19. The number of carboxylic acids is 1. The normalized spacial score (nSPS) is 13.1. The van der Waals surface area contributed by atoms with Crippen molar-refractivity contribution in [3.63, 3.8) is 0 Å². The molecule has 0 saturated carbocycles. The highest BCUT2D eigenvalue weighted by molar-refractivity contribution is 6.00. The molecule has 1 amide bonds. The summed E-state index contributed by atoms with van der Waals surface area (Å²) in [7, 11) is 0. The van der Waals surface area contributed by atoms with E-state index >= 15 is 0 Å². The summed E-state index contributed by atoms with van der Waals surface area (Å²) in [5.74, 6) is -2.95. The number of alkyl halides is 3. The van der Waals surface area contributed by atoms with E-state index in [1.165, 1.54) is 0 Å². The molecule has 1 aromatic heterocycles. The Balaban J connectivity index is 2.31. The Labute approximate surface area is 129 Å². The molecule has 2 aromatic rings. The second kappa shape index (κ2) is 5.94. The zero-order chi connectivity index (χ0) is 17.4. The molecule has 2 N–H and O–H groups in total. The molecule has 0 bridgehead atoms. The van der Waals surface area contributed by atoms with Crippen LogP contribution in [0.4, 0.5) is 13.2 Å². The van der Waals surface area contributed by atoms with Gasteiger partial charge in [0.1, 0.15) is 11.6 Å². The van der Waals surface area contributed by atoms with Crippen molar-refractivity contribution in [3.05, 3.63) is 35.1 Å². The number of benzene rings is 1. The smallest absolute Gasteiger partial charge is 0.391 e. The fourth-order valence-corrected chi connectivity index (χ4v) is 2.26. The van der Waals surface area contributed by atoms with Gasteiger partial charge in [-0.3, -0.25) is 4.79 Å². The fraction of sp³-hybridized carbons (Fsp3) is 0.333. The first-order valence-electron chi connectivity index (χ1n) is 6.69. The molecule has 1 atom stereocenters. The van der Waals surface area contributed by atoms with Gasteiger partial charge < -0.3 is 14.8 Å². The third kappa shape index (κ3) is 3.64. The van der Waals surface area contributed by atoms with E-state index in [9.17, 15) is 22.8 Å². The molecule has 0 radical (unpaired) electrons. The van der Waals surface area contributed by atoms with Crippen molar-refractivity contribution in [2.75, 3.05) is 0 Å². The van der Waals surface area contributed by atoms with Crippen LogP contribution in [0.15, 0.2) is 22.6 Å². The average Bonchev–Trinajstić information content (AvgIpc) is 2.76. The molecule has 0 fully saturated rings. The van der Waals surface area contributed by atoms with Crippen molar-refractivity contribution < 1.29 is 32.3 Å². The van der Waals surface area contributed by atoms with E-state index in [1.54, 1.807) is 32.0 Å². The van der Waals surface area contributed by atoms with Crippen LogP contribution in [0.3, 0.4) is 0 Å². The molecule has 1 aromatic carbocycles. The number of carbonyl (C=O) groups excluding carboxylic acids is 1.